The van der Waals surface area contributed by atoms with Crippen LogP contribution < -0.4 is 15.8 Å². The maximum absolute atomic E-state index is 12.3. The summed E-state index contributed by atoms with van der Waals surface area (Å²) in [7, 11) is 1.50. The molecule has 1 amide bonds. The van der Waals surface area contributed by atoms with Crippen LogP contribution in [0.2, 0.25) is 5.02 Å². The highest BCUT2D eigenvalue weighted by atomic mass is 35.5. The number of carbonyl (C=O) groups is 1. The van der Waals surface area contributed by atoms with Crippen molar-refractivity contribution in [1.29, 1.82) is 0 Å². The van der Waals surface area contributed by atoms with Crippen LogP contribution in [0.25, 0.3) is 0 Å². The molecule has 9 heteroatoms. The van der Waals surface area contributed by atoms with E-state index in [1.807, 2.05) is 0 Å². The summed E-state index contributed by atoms with van der Waals surface area (Å²) in [5, 5.41) is 3.26. The fourth-order valence-corrected chi connectivity index (χ4v) is 2.56. The largest absolute Gasteiger partial charge is 0.496 e. The number of rotatable bonds is 5. The molecule has 0 aliphatic carbocycles. The average molecular weight is 401 g/mol. The summed E-state index contributed by atoms with van der Waals surface area (Å²) in [5.74, 6) is 0.192. The number of ether oxygens (including phenoxy) is 2. The van der Waals surface area contributed by atoms with Gasteiger partial charge in [-0.25, -0.2) is 0 Å². The van der Waals surface area contributed by atoms with Crippen LogP contribution in [0.15, 0.2) is 12.1 Å². The number of hydrogen-bond donors (Lipinski definition) is 2. The van der Waals surface area contributed by atoms with Crippen LogP contribution in [0, 0.1) is 0 Å². The number of carbonyl (C=O) groups excluding carboxylic acids is 1. The van der Waals surface area contributed by atoms with Crippen molar-refractivity contribution in [1.82, 2.24) is 10.2 Å². The number of nitrogens with one attached hydrogen (secondary N) is 1. The highest BCUT2D eigenvalue weighted by Gasteiger charge is 2.19. The number of methoxy groups -OCH3 is 1. The van der Waals surface area contributed by atoms with Gasteiger partial charge in [-0.3, -0.25) is 9.69 Å². The number of benzene rings is 1. The van der Waals surface area contributed by atoms with Crippen molar-refractivity contribution in [2.24, 2.45) is 0 Å². The number of halogens is 3. The van der Waals surface area contributed by atoms with Crippen molar-refractivity contribution >= 4 is 48.0 Å². The van der Waals surface area contributed by atoms with E-state index in [-0.39, 0.29) is 36.8 Å². The number of nitrogens with zero attached hydrogens (tertiary/aromatic N) is 1. The van der Waals surface area contributed by atoms with Crippen molar-refractivity contribution in [3.8, 4) is 5.75 Å². The van der Waals surface area contributed by atoms with E-state index in [1.165, 1.54) is 13.2 Å². The van der Waals surface area contributed by atoms with Crippen molar-refractivity contribution in [2.75, 3.05) is 45.7 Å². The zero-order chi connectivity index (χ0) is 16.1. The van der Waals surface area contributed by atoms with Gasteiger partial charge in [0.25, 0.3) is 5.91 Å². The number of morpholine rings is 1. The molecule has 24 heavy (non-hydrogen) atoms. The van der Waals surface area contributed by atoms with Crippen LogP contribution in [-0.2, 0) is 4.74 Å². The van der Waals surface area contributed by atoms with E-state index in [4.69, 9.17) is 26.8 Å². The Hall–Kier alpha value is -0.920. The molecule has 2 rings (SSSR count). The first-order valence-corrected chi connectivity index (χ1v) is 7.63. The lowest BCUT2D eigenvalue weighted by Gasteiger charge is -2.32. The molecule has 0 spiro atoms. The lowest BCUT2D eigenvalue weighted by atomic mass is 10.1. The molecule has 3 N–H and O–H groups in total. The minimum absolute atomic E-state index is 0. The Kier molecular flexibility index (Phi) is 10.4. The van der Waals surface area contributed by atoms with Gasteiger partial charge < -0.3 is 20.5 Å². The Morgan fingerprint density at radius 2 is 2.04 bits per heavy atom. The Morgan fingerprint density at radius 1 is 1.42 bits per heavy atom. The number of anilines is 1. The lowest BCUT2D eigenvalue weighted by molar-refractivity contribution is 0.0204. The predicted octanol–water partition coefficient (Wildman–Crippen LogP) is 2.22. The van der Waals surface area contributed by atoms with Crippen LogP contribution in [0.1, 0.15) is 17.3 Å². The zero-order valence-corrected chi connectivity index (χ0v) is 16.1. The van der Waals surface area contributed by atoms with Gasteiger partial charge in [-0.15, -0.1) is 24.8 Å². The molecule has 1 aliphatic heterocycles. The molecule has 0 saturated carbocycles. The summed E-state index contributed by atoms with van der Waals surface area (Å²) >= 11 is 5.99. The van der Waals surface area contributed by atoms with Crippen LogP contribution >= 0.6 is 36.4 Å². The number of amides is 1. The van der Waals surface area contributed by atoms with Gasteiger partial charge in [-0.05, 0) is 13.0 Å². The quantitative estimate of drug-likeness (QED) is 0.741. The second kappa shape index (κ2) is 10.8. The Morgan fingerprint density at radius 3 is 2.62 bits per heavy atom. The Bertz CT molecular complexity index is 540. The van der Waals surface area contributed by atoms with Crippen LogP contribution in [0.4, 0.5) is 5.69 Å². The van der Waals surface area contributed by atoms with Crippen molar-refractivity contribution in [3.63, 3.8) is 0 Å². The topological polar surface area (TPSA) is 76.8 Å². The van der Waals surface area contributed by atoms with Gasteiger partial charge in [0.1, 0.15) is 5.75 Å². The fourth-order valence-electron chi connectivity index (χ4n) is 2.40. The molecule has 1 unspecified atom stereocenters. The van der Waals surface area contributed by atoms with E-state index in [1.54, 1.807) is 6.07 Å². The monoisotopic (exact) mass is 399 g/mol. The summed E-state index contributed by atoms with van der Waals surface area (Å²) in [6.07, 6.45) is 0. The van der Waals surface area contributed by atoms with E-state index >= 15 is 0 Å². The van der Waals surface area contributed by atoms with E-state index < -0.39 is 0 Å². The second-order valence-corrected chi connectivity index (χ2v) is 5.69. The summed E-state index contributed by atoms with van der Waals surface area (Å²) in [4.78, 5) is 14.6. The first kappa shape index (κ1) is 23.1. The molecular weight excluding hydrogens is 377 g/mol. The zero-order valence-electron chi connectivity index (χ0n) is 13.7. The molecule has 0 radical (unpaired) electrons. The molecule has 1 fully saturated rings. The van der Waals surface area contributed by atoms with Gasteiger partial charge >= 0.3 is 0 Å². The highest BCUT2D eigenvalue weighted by molar-refractivity contribution is 6.33. The maximum Gasteiger partial charge on any atom is 0.255 e. The summed E-state index contributed by atoms with van der Waals surface area (Å²) in [6, 6.07) is 3.33. The summed E-state index contributed by atoms with van der Waals surface area (Å²) in [5.41, 5.74) is 6.49. The maximum atomic E-state index is 12.3. The standard InChI is InChI=1S/C15H22ClN3O3.2ClH/c1-10(19-3-5-22-6-4-19)9-18-15(20)11-7-12(16)13(17)8-14(11)21-2;;/h7-8,10H,3-6,9,17H2,1-2H3,(H,18,20);2*1H. The average Bonchev–Trinajstić information content (AvgIpc) is 2.55. The van der Waals surface area contributed by atoms with Gasteiger partial charge in [0, 0.05) is 31.7 Å². The molecule has 1 aromatic rings. The molecule has 6 nitrogen and oxygen atoms in total. The third-order valence-electron chi connectivity index (χ3n) is 3.79. The lowest BCUT2D eigenvalue weighted by Crippen LogP contribution is -2.47. The molecule has 1 aromatic carbocycles. The second-order valence-electron chi connectivity index (χ2n) is 5.28. The van der Waals surface area contributed by atoms with Gasteiger partial charge in [0.15, 0.2) is 0 Å². The molecule has 138 valence electrons. The first-order valence-electron chi connectivity index (χ1n) is 7.26. The fraction of sp³-hybridized carbons (Fsp3) is 0.533. The van der Waals surface area contributed by atoms with E-state index in [9.17, 15) is 4.79 Å². The normalized spacial score (nSPS) is 15.6. The Labute approximate surface area is 159 Å². The van der Waals surface area contributed by atoms with E-state index in [0.717, 1.165) is 26.3 Å². The summed E-state index contributed by atoms with van der Waals surface area (Å²) < 4.78 is 10.5. The van der Waals surface area contributed by atoms with Gasteiger partial charge in [-0.1, -0.05) is 11.6 Å². The van der Waals surface area contributed by atoms with Gasteiger partial charge in [-0.2, -0.15) is 0 Å². The molecular formula is C15H24Cl3N3O3. The molecule has 1 saturated heterocycles. The molecule has 1 atom stereocenters. The van der Waals surface area contributed by atoms with Crippen LogP contribution in [0.5, 0.6) is 5.75 Å². The number of nitrogen functional groups attached to an aromatic ring is 1. The molecule has 0 bridgehead atoms. The SMILES string of the molecule is COc1cc(N)c(Cl)cc1C(=O)NCC(C)N1CCOCC1.Cl.Cl. The van der Waals surface area contributed by atoms with E-state index in [0.29, 0.717) is 28.6 Å². The molecule has 1 heterocycles. The van der Waals surface area contributed by atoms with Crippen molar-refractivity contribution in [2.45, 2.75) is 13.0 Å². The third kappa shape index (κ3) is 5.86. The molecule has 0 aromatic heterocycles. The minimum atomic E-state index is -0.223. The van der Waals surface area contributed by atoms with Crippen molar-refractivity contribution < 1.29 is 14.3 Å². The van der Waals surface area contributed by atoms with Gasteiger partial charge in [0.2, 0.25) is 0 Å². The Balaban J connectivity index is 0.00000264. The van der Waals surface area contributed by atoms with Crippen LogP contribution in [0.3, 0.4) is 0 Å². The van der Waals surface area contributed by atoms with E-state index in [2.05, 4.69) is 17.1 Å². The van der Waals surface area contributed by atoms with Crippen molar-refractivity contribution in [3.05, 3.63) is 22.7 Å². The summed E-state index contributed by atoms with van der Waals surface area (Å²) in [6.45, 7) is 5.87. The minimum Gasteiger partial charge on any atom is -0.496 e. The van der Waals surface area contributed by atoms with Gasteiger partial charge in [0.05, 0.1) is 36.6 Å². The van der Waals surface area contributed by atoms with Crippen LogP contribution in [-0.4, -0.2) is 56.8 Å². The third-order valence-corrected chi connectivity index (χ3v) is 4.12. The first-order chi connectivity index (χ1) is 10.5. The highest BCUT2D eigenvalue weighted by Crippen LogP contribution is 2.28. The molecule has 1 aliphatic rings. The number of nitrogens with two attached hydrogens (primary N) is 1. The number of hydrogen-bond acceptors (Lipinski definition) is 5. The smallest absolute Gasteiger partial charge is 0.255 e. The predicted molar refractivity (Wildman–Crippen MR) is 101 cm³/mol.